The Kier molecular flexibility index (Phi) is 7.67. The minimum Gasteiger partial charge on any atom is -0.322 e. The summed E-state index contributed by atoms with van der Waals surface area (Å²) >= 11 is 0. The van der Waals surface area contributed by atoms with Crippen LogP contribution >= 0.6 is 15.2 Å². The molecule has 0 aromatic carbocycles. The van der Waals surface area contributed by atoms with Crippen molar-refractivity contribution < 1.29 is 28.7 Å². The number of hydrogen-bond donors (Lipinski definition) is 4. The van der Waals surface area contributed by atoms with Crippen LogP contribution in [0.3, 0.4) is 0 Å². The first kappa shape index (κ1) is 26.7. The first-order valence-electron chi connectivity index (χ1n) is 9.78. The topological polar surface area (TPSA) is 137 Å². The van der Waals surface area contributed by atoms with Crippen LogP contribution in [0.1, 0.15) is 55.4 Å². The van der Waals surface area contributed by atoms with Crippen molar-refractivity contribution in [2.75, 3.05) is 14.1 Å². The molecule has 4 N–H and O–H groups in total. The van der Waals surface area contributed by atoms with Crippen molar-refractivity contribution in [3.05, 3.63) is 0 Å². The van der Waals surface area contributed by atoms with E-state index in [2.05, 4.69) is 4.99 Å². The van der Waals surface area contributed by atoms with Crippen LogP contribution in [0.2, 0.25) is 0 Å². The molecular formula is C17H38N4O6P2. The van der Waals surface area contributed by atoms with Crippen LogP contribution in [-0.4, -0.2) is 77.2 Å². The molecule has 0 saturated heterocycles. The summed E-state index contributed by atoms with van der Waals surface area (Å²) in [6.07, 6.45) is 0. The van der Waals surface area contributed by atoms with Crippen molar-refractivity contribution in [3.8, 4) is 0 Å². The monoisotopic (exact) mass is 456 g/mol. The highest BCUT2D eigenvalue weighted by atomic mass is 31.2. The van der Waals surface area contributed by atoms with E-state index < -0.39 is 50.0 Å². The number of amidine groups is 1. The lowest BCUT2D eigenvalue weighted by Gasteiger charge is -2.66. The minimum absolute atomic E-state index is 0.302. The van der Waals surface area contributed by atoms with E-state index in [4.69, 9.17) is 0 Å². The lowest BCUT2D eigenvalue weighted by atomic mass is 9.92. The highest BCUT2D eigenvalue weighted by molar-refractivity contribution is 7.70. The second kappa shape index (κ2) is 8.32. The average molecular weight is 456 g/mol. The fourth-order valence-corrected chi connectivity index (χ4v) is 7.37. The molecule has 12 heteroatoms. The van der Waals surface area contributed by atoms with Crippen molar-refractivity contribution in [1.29, 1.82) is 0 Å². The molecule has 29 heavy (non-hydrogen) atoms. The molecule has 0 aromatic rings. The summed E-state index contributed by atoms with van der Waals surface area (Å²) in [4.78, 5) is 50.7. The lowest BCUT2D eigenvalue weighted by molar-refractivity contribution is -0.217. The highest BCUT2D eigenvalue weighted by Gasteiger charge is 2.69. The number of rotatable bonds is 7. The highest BCUT2D eigenvalue weighted by Crippen LogP contribution is 2.64. The third-order valence-corrected chi connectivity index (χ3v) is 8.00. The smallest absolute Gasteiger partial charge is 0.322 e. The lowest BCUT2D eigenvalue weighted by Crippen LogP contribution is -2.81. The van der Waals surface area contributed by atoms with E-state index in [1.54, 1.807) is 51.6 Å². The zero-order valence-electron chi connectivity index (χ0n) is 19.1. The van der Waals surface area contributed by atoms with Gasteiger partial charge in [-0.3, -0.25) is 14.0 Å². The Morgan fingerprint density at radius 3 is 1.52 bits per heavy atom. The fraction of sp³-hybridized carbons (Fsp3) is 0.941. The summed E-state index contributed by atoms with van der Waals surface area (Å²) in [6.45, 7) is 14.2. The van der Waals surface area contributed by atoms with Crippen molar-refractivity contribution in [1.82, 2.24) is 14.7 Å². The second-order valence-corrected chi connectivity index (χ2v) is 12.2. The molecule has 0 saturated carbocycles. The molecule has 0 radical (unpaired) electrons. The zero-order valence-corrected chi connectivity index (χ0v) is 20.9. The van der Waals surface area contributed by atoms with Gasteiger partial charge in [-0.25, -0.2) is 9.89 Å². The normalized spacial score (nSPS) is 27.7. The second-order valence-electron chi connectivity index (χ2n) is 9.01. The molecule has 2 atom stereocenters. The maximum atomic E-state index is 13.0. The van der Waals surface area contributed by atoms with Gasteiger partial charge in [0, 0.05) is 23.9 Å². The van der Waals surface area contributed by atoms with E-state index >= 15 is 0 Å². The Morgan fingerprint density at radius 2 is 1.31 bits per heavy atom. The van der Waals surface area contributed by atoms with Crippen molar-refractivity contribution in [2.24, 2.45) is 16.8 Å². The molecule has 1 aliphatic rings. The van der Waals surface area contributed by atoms with Crippen LogP contribution in [0.25, 0.3) is 0 Å². The van der Waals surface area contributed by atoms with E-state index in [1.807, 2.05) is 27.7 Å². The van der Waals surface area contributed by atoms with Crippen LogP contribution in [0.5, 0.6) is 0 Å². The molecule has 1 aliphatic heterocycles. The van der Waals surface area contributed by atoms with E-state index in [0.717, 1.165) is 0 Å². The molecule has 0 fully saturated rings. The van der Waals surface area contributed by atoms with E-state index in [9.17, 15) is 28.7 Å². The number of aliphatic imine (C=N–C) groups is 1. The van der Waals surface area contributed by atoms with Crippen LogP contribution in [0.4, 0.5) is 0 Å². The Balaban J connectivity index is 4.41. The molecule has 1 heterocycles. The zero-order chi connectivity index (χ0) is 23.3. The standard InChI is InChI=1S/C17H38N4O6P2/c1-11(2)16(29(25,26)27)18-15(28(22,23)24)20(13(5)6)17(12(3)4,19(9)10)21(16)14(7)8/h11-14H,1-10H3,(H2,22,23,24)(H2,25,26,27). The molecule has 172 valence electrons. The molecule has 0 aromatic heterocycles. The molecule has 0 bridgehead atoms. The number of nitrogens with zero attached hydrogens (tertiary/aromatic N) is 4. The molecule has 1 rings (SSSR count). The first-order chi connectivity index (χ1) is 12.8. The van der Waals surface area contributed by atoms with Gasteiger partial charge in [0.1, 0.15) is 0 Å². The predicted octanol–water partition coefficient (Wildman–Crippen LogP) is 2.31. The SMILES string of the molecule is CC(C)N1C(P(=O)(O)O)=NC(C(C)C)(P(=O)(O)O)N(C(C)C)C1(C(C)C)N(C)C. The van der Waals surface area contributed by atoms with Crippen LogP contribution < -0.4 is 0 Å². The van der Waals surface area contributed by atoms with Gasteiger partial charge in [0.05, 0.1) is 0 Å². The summed E-state index contributed by atoms with van der Waals surface area (Å²) in [5.41, 5.74) is -0.594. The number of hydrogen-bond acceptors (Lipinski definition) is 6. The van der Waals surface area contributed by atoms with Crippen LogP contribution in [0.15, 0.2) is 4.99 Å². The minimum atomic E-state index is -5.02. The molecule has 0 amide bonds. The van der Waals surface area contributed by atoms with Gasteiger partial charge in [0.25, 0.3) is 0 Å². The van der Waals surface area contributed by atoms with Gasteiger partial charge < -0.3 is 24.5 Å². The molecule has 10 nitrogen and oxygen atoms in total. The van der Waals surface area contributed by atoms with Crippen molar-refractivity contribution >= 4 is 20.8 Å². The summed E-state index contributed by atoms with van der Waals surface area (Å²) in [5.74, 6) is -2.30. The maximum Gasteiger partial charge on any atom is 0.390 e. The van der Waals surface area contributed by atoms with Gasteiger partial charge in [0.2, 0.25) is 11.0 Å². The van der Waals surface area contributed by atoms with Crippen LogP contribution in [-0.2, 0) is 9.13 Å². The molecule has 0 spiro atoms. The Labute approximate surface area is 174 Å². The van der Waals surface area contributed by atoms with E-state index in [0.29, 0.717) is 0 Å². The summed E-state index contributed by atoms with van der Waals surface area (Å²) in [7, 11) is -6.50. The largest absolute Gasteiger partial charge is 0.390 e. The van der Waals surface area contributed by atoms with Gasteiger partial charge in [-0.1, -0.05) is 27.7 Å². The fourth-order valence-electron chi connectivity index (χ4n) is 4.79. The average Bonchev–Trinajstić information content (AvgIpc) is 2.48. The van der Waals surface area contributed by atoms with Crippen molar-refractivity contribution in [3.63, 3.8) is 0 Å². The van der Waals surface area contributed by atoms with E-state index in [-0.39, 0.29) is 5.92 Å². The third kappa shape index (κ3) is 3.99. The maximum absolute atomic E-state index is 13.0. The van der Waals surface area contributed by atoms with Gasteiger partial charge in [-0.05, 0) is 41.8 Å². The molecular weight excluding hydrogens is 418 g/mol. The Morgan fingerprint density at radius 1 is 0.862 bits per heavy atom. The summed E-state index contributed by atoms with van der Waals surface area (Å²) in [6, 6.07) is -0.812. The quantitative estimate of drug-likeness (QED) is 0.425. The summed E-state index contributed by atoms with van der Waals surface area (Å²) < 4.78 is 25.6. The first-order valence-corrected chi connectivity index (χ1v) is 13.0. The Bertz CT molecular complexity index is 719. The summed E-state index contributed by atoms with van der Waals surface area (Å²) in [5, 5.41) is -2.14. The Hall–Kier alpha value is -0.310. The van der Waals surface area contributed by atoms with Crippen molar-refractivity contribution in [2.45, 2.75) is 78.7 Å². The third-order valence-electron chi connectivity index (χ3n) is 5.47. The molecule has 0 aliphatic carbocycles. The van der Waals surface area contributed by atoms with Gasteiger partial charge >= 0.3 is 15.2 Å². The van der Waals surface area contributed by atoms with E-state index in [1.165, 1.54) is 4.90 Å². The molecule has 2 unspecified atom stereocenters. The van der Waals surface area contributed by atoms with Gasteiger partial charge in [-0.2, -0.15) is 0 Å². The van der Waals surface area contributed by atoms with Crippen LogP contribution in [0, 0.1) is 11.8 Å². The predicted molar refractivity (Wildman–Crippen MR) is 114 cm³/mol. The van der Waals surface area contributed by atoms with Gasteiger partial charge in [0.15, 0.2) is 5.79 Å². The van der Waals surface area contributed by atoms with Gasteiger partial charge in [-0.15, -0.1) is 0 Å².